The van der Waals surface area contributed by atoms with Crippen LogP contribution in [-0.2, 0) is 6.54 Å². The van der Waals surface area contributed by atoms with E-state index in [1.165, 1.54) is 34.8 Å². The molecule has 0 unspecified atom stereocenters. The number of carbonyl (C=O) groups excluding carboxylic acids is 1. The van der Waals surface area contributed by atoms with Crippen molar-refractivity contribution in [2.24, 2.45) is 4.99 Å². The molecule has 25 heavy (non-hydrogen) atoms. The summed E-state index contributed by atoms with van der Waals surface area (Å²) < 4.78 is 17.2. The van der Waals surface area contributed by atoms with Crippen LogP contribution in [0, 0.1) is 5.82 Å². The van der Waals surface area contributed by atoms with Gasteiger partial charge in [0.15, 0.2) is 4.80 Å². The normalized spacial score (nSPS) is 12.3. The van der Waals surface area contributed by atoms with E-state index in [2.05, 4.69) is 16.9 Å². The van der Waals surface area contributed by atoms with Crippen molar-refractivity contribution in [2.45, 2.75) is 19.9 Å². The van der Waals surface area contributed by atoms with E-state index < -0.39 is 0 Å². The molecule has 2 aromatic carbocycles. The average molecular weight is 371 g/mol. The monoisotopic (exact) mass is 371 g/mol. The lowest BCUT2D eigenvalue weighted by molar-refractivity contribution is 0.0998. The summed E-state index contributed by atoms with van der Waals surface area (Å²) in [5, 5.41) is 0. The zero-order chi connectivity index (χ0) is 17.4. The van der Waals surface area contributed by atoms with Gasteiger partial charge < -0.3 is 4.57 Å². The summed E-state index contributed by atoms with van der Waals surface area (Å²) in [4.78, 5) is 21.7. The Kier molecular flexibility index (Phi) is 4.19. The summed E-state index contributed by atoms with van der Waals surface area (Å²) in [6.45, 7) is 2.79. The van der Waals surface area contributed by atoms with Gasteiger partial charge in [-0.05, 0) is 42.8 Å². The number of aryl methyl sites for hydroxylation is 1. The molecule has 0 aliphatic rings. The molecule has 0 radical (unpaired) electrons. The highest BCUT2D eigenvalue weighted by molar-refractivity contribution is 7.17. The number of rotatable bonds is 3. The van der Waals surface area contributed by atoms with Crippen LogP contribution >= 0.6 is 22.7 Å². The molecule has 0 aliphatic carbocycles. The number of hydrogen-bond donors (Lipinski definition) is 0. The number of fused-ring (bicyclic) bond motifs is 2. The van der Waals surface area contributed by atoms with Gasteiger partial charge in [-0.1, -0.05) is 18.3 Å². The summed E-state index contributed by atoms with van der Waals surface area (Å²) in [7, 11) is 0. The third-order valence-electron chi connectivity index (χ3n) is 3.87. The predicted octanol–water partition coefficient (Wildman–Crippen LogP) is 4.60. The van der Waals surface area contributed by atoms with Crippen LogP contribution in [0.3, 0.4) is 0 Å². The Morgan fingerprint density at radius 2 is 2.12 bits per heavy atom. The number of nitrogens with zero attached hydrogens (tertiary/aromatic N) is 3. The maximum Gasteiger partial charge on any atom is 0.279 e. The van der Waals surface area contributed by atoms with Gasteiger partial charge >= 0.3 is 0 Å². The summed E-state index contributed by atoms with van der Waals surface area (Å²) >= 11 is 2.82. The van der Waals surface area contributed by atoms with Crippen molar-refractivity contribution in [1.29, 1.82) is 0 Å². The van der Waals surface area contributed by atoms with Crippen LogP contribution in [0.4, 0.5) is 4.39 Å². The molecule has 2 heterocycles. The molecule has 4 aromatic rings. The van der Waals surface area contributed by atoms with Gasteiger partial charge in [0.25, 0.3) is 5.91 Å². The van der Waals surface area contributed by atoms with E-state index in [1.54, 1.807) is 17.6 Å². The Morgan fingerprint density at radius 3 is 2.96 bits per heavy atom. The minimum absolute atomic E-state index is 0.286. The number of halogens is 1. The first-order valence-corrected chi connectivity index (χ1v) is 9.56. The summed E-state index contributed by atoms with van der Waals surface area (Å²) in [5.41, 5.74) is 4.06. The second-order valence-corrected chi connectivity index (χ2v) is 7.50. The average Bonchev–Trinajstić information content (AvgIpc) is 3.19. The Hall–Kier alpha value is -2.38. The first kappa shape index (κ1) is 16.1. The van der Waals surface area contributed by atoms with Gasteiger partial charge in [-0.2, -0.15) is 4.99 Å². The van der Waals surface area contributed by atoms with Crippen LogP contribution in [-0.4, -0.2) is 15.5 Å². The molecule has 4 rings (SSSR count). The third kappa shape index (κ3) is 3.01. The van der Waals surface area contributed by atoms with E-state index in [0.29, 0.717) is 10.4 Å². The Labute approximate surface area is 150 Å². The molecule has 0 fully saturated rings. The number of thiazole rings is 2. The molecule has 0 aliphatic heterocycles. The fourth-order valence-electron chi connectivity index (χ4n) is 2.71. The van der Waals surface area contributed by atoms with Gasteiger partial charge in [0, 0.05) is 12.1 Å². The quantitative estimate of drug-likeness (QED) is 0.528. The maximum absolute atomic E-state index is 13.5. The van der Waals surface area contributed by atoms with Crippen LogP contribution in [0.15, 0.2) is 46.9 Å². The number of hydrogen-bond acceptors (Lipinski definition) is 4. The van der Waals surface area contributed by atoms with Crippen molar-refractivity contribution >= 4 is 49.0 Å². The highest BCUT2D eigenvalue weighted by Gasteiger charge is 2.10. The molecule has 0 saturated heterocycles. The summed E-state index contributed by atoms with van der Waals surface area (Å²) in [5.74, 6) is -0.585. The van der Waals surface area contributed by atoms with Gasteiger partial charge in [0.2, 0.25) is 0 Å². The second-order valence-electron chi connectivity index (χ2n) is 5.60. The summed E-state index contributed by atoms with van der Waals surface area (Å²) in [6.07, 6.45) is 0.900. The standard InChI is InChI=1S/C18H14FN3OS2/c1-2-7-22-14-6-4-12(19)9-16(14)25-18(22)21-17(23)11-3-5-13-15(8-11)24-10-20-13/h3-6,8-10H,2,7H2,1H3. The maximum atomic E-state index is 13.5. The fraction of sp³-hybridized carbons (Fsp3) is 0.167. The van der Waals surface area contributed by atoms with Crippen LogP contribution in [0.2, 0.25) is 0 Å². The first-order valence-electron chi connectivity index (χ1n) is 7.87. The van der Waals surface area contributed by atoms with Gasteiger partial charge in [-0.25, -0.2) is 9.37 Å². The van der Waals surface area contributed by atoms with Crippen molar-refractivity contribution in [1.82, 2.24) is 9.55 Å². The topological polar surface area (TPSA) is 47.2 Å². The molecule has 0 N–H and O–H groups in total. The van der Waals surface area contributed by atoms with Crippen molar-refractivity contribution in [3.05, 3.63) is 58.1 Å². The first-order chi connectivity index (χ1) is 12.2. The minimum Gasteiger partial charge on any atom is -0.316 e. The fourth-order valence-corrected chi connectivity index (χ4v) is 4.51. The SMILES string of the molecule is CCCn1c(=NC(=O)c2ccc3ncsc3c2)sc2cc(F)ccc21. The van der Waals surface area contributed by atoms with Crippen LogP contribution in [0.25, 0.3) is 20.4 Å². The molecule has 1 amide bonds. The molecule has 126 valence electrons. The predicted molar refractivity (Wildman–Crippen MR) is 99.6 cm³/mol. The van der Waals surface area contributed by atoms with Gasteiger partial charge in [-0.3, -0.25) is 4.79 Å². The largest absolute Gasteiger partial charge is 0.316 e. The van der Waals surface area contributed by atoms with Crippen LogP contribution in [0.5, 0.6) is 0 Å². The zero-order valence-electron chi connectivity index (χ0n) is 13.4. The van der Waals surface area contributed by atoms with Crippen molar-refractivity contribution in [3.8, 4) is 0 Å². The van der Waals surface area contributed by atoms with Gasteiger partial charge in [0.05, 0.1) is 25.9 Å². The lowest BCUT2D eigenvalue weighted by Crippen LogP contribution is -2.16. The van der Waals surface area contributed by atoms with E-state index >= 15 is 0 Å². The molecule has 0 saturated carbocycles. The smallest absolute Gasteiger partial charge is 0.279 e. The molecule has 0 atom stereocenters. The molecular formula is C18H14FN3OS2. The molecule has 0 bridgehead atoms. The zero-order valence-corrected chi connectivity index (χ0v) is 15.0. The number of aromatic nitrogens is 2. The highest BCUT2D eigenvalue weighted by Crippen LogP contribution is 2.21. The van der Waals surface area contributed by atoms with Crippen LogP contribution in [0.1, 0.15) is 23.7 Å². The lowest BCUT2D eigenvalue weighted by atomic mass is 10.2. The van der Waals surface area contributed by atoms with Crippen molar-refractivity contribution < 1.29 is 9.18 Å². The molecule has 0 spiro atoms. The van der Waals surface area contributed by atoms with E-state index in [0.717, 1.165) is 33.4 Å². The van der Waals surface area contributed by atoms with Gasteiger partial charge in [0.1, 0.15) is 5.82 Å². The molecule has 4 nitrogen and oxygen atoms in total. The molecular weight excluding hydrogens is 357 g/mol. The van der Waals surface area contributed by atoms with Crippen LogP contribution < -0.4 is 4.80 Å². The highest BCUT2D eigenvalue weighted by atomic mass is 32.1. The molecule has 2 aromatic heterocycles. The van der Waals surface area contributed by atoms with Crippen molar-refractivity contribution in [2.75, 3.05) is 0 Å². The third-order valence-corrected chi connectivity index (χ3v) is 5.70. The lowest BCUT2D eigenvalue weighted by Gasteiger charge is -2.02. The number of amides is 1. The van der Waals surface area contributed by atoms with E-state index in [1.807, 2.05) is 16.7 Å². The van der Waals surface area contributed by atoms with E-state index in [-0.39, 0.29) is 11.7 Å². The Bertz CT molecular complexity index is 1160. The van der Waals surface area contributed by atoms with E-state index in [4.69, 9.17) is 0 Å². The number of benzene rings is 2. The Morgan fingerprint density at radius 1 is 1.24 bits per heavy atom. The number of carbonyl (C=O) groups is 1. The van der Waals surface area contributed by atoms with E-state index in [9.17, 15) is 9.18 Å². The summed E-state index contributed by atoms with van der Waals surface area (Å²) in [6, 6.07) is 10.0. The molecule has 7 heteroatoms. The minimum atomic E-state index is -0.299. The Balaban J connectivity index is 1.83. The van der Waals surface area contributed by atoms with Crippen molar-refractivity contribution in [3.63, 3.8) is 0 Å². The van der Waals surface area contributed by atoms with Gasteiger partial charge in [-0.15, -0.1) is 11.3 Å². The second kappa shape index (κ2) is 6.50.